The van der Waals surface area contributed by atoms with E-state index >= 15 is 0 Å². The van der Waals surface area contributed by atoms with E-state index in [-0.39, 0.29) is 18.1 Å². The van der Waals surface area contributed by atoms with Gasteiger partial charge in [-0.2, -0.15) is 0 Å². The Bertz CT molecular complexity index is 477. The number of carbonyl (C=O) groups excluding carboxylic acids is 1. The van der Waals surface area contributed by atoms with E-state index in [1.807, 2.05) is 0 Å². The topological polar surface area (TPSA) is 77.8 Å². The summed E-state index contributed by atoms with van der Waals surface area (Å²) in [6.07, 6.45) is 0.0248. The number of carboxylic acid groups (broad SMARTS) is 1. The minimum absolute atomic E-state index is 0.0248. The number of rotatable bonds is 3. The van der Waals surface area contributed by atoms with Crippen molar-refractivity contribution in [3.8, 4) is 5.75 Å². The zero-order valence-electron chi connectivity index (χ0n) is 9.57. The van der Waals surface area contributed by atoms with Gasteiger partial charge in [-0.3, -0.25) is 4.79 Å². The van der Waals surface area contributed by atoms with Crippen LogP contribution in [0.1, 0.15) is 5.56 Å². The highest BCUT2D eigenvalue weighted by molar-refractivity contribution is 7.99. The Kier molecular flexibility index (Phi) is 3.76. The molecule has 1 heterocycles. The molecule has 0 radical (unpaired) electrons. The third kappa shape index (κ3) is 2.59. The van der Waals surface area contributed by atoms with E-state index < -0.39 is 12.0 Å². The molecular weight excluding hydrogens is 254 g/mol. The first kappa shape index (κ1) is 12.8. The molecule has 0 bridgehead atoms. The van der Waals surface area contributed by atoms with Crippen LogP contribution in [0.3, 0.4) is 0 Å². The molecule has 1 aromatic carbocycles. The third-order valence-corrected chi connectivity index (χ3v) is 3.83. The minimum atomic E-state index is -0.981. The number of phenolic OH excluding ortho intramolecular Hbond substituents is 1. The van der Waals surface area contributed by atoms with E-state index in [0.717, 1.165) is 0 Å². The molecule has 1 aromatic rings. The van der Waals surface area contributed by atoms with Gasteiger partial charge in [0.05, 0.1) is 12.3 Å². The van der Waals surface area contributed by atoms with Gasteiger partial charge in [0.25, 0.3) is 0 Å². The highest BCUT2D eigenvalue weighted by Crippen LogP contribution is 2.23. The van der Waals surface area contributed by atoms with Gasteiger partial charge in [-0.1, -0.05) is 18.2 Å². The van der Waals surface area contributed by atoms with Crippen molar-refractivity contribution in [1.29, 1.82) is 0 Å². The highest BCUT2D eigenvalue weighted by atomic mass is 32.2. The van der Waals surface area contributed by atoms with Crippen LogP contribution in [0.2, 0.25) is 0 Å². The molecule has 5 nitrogen and oxygen atoms in total. The number of amides is 1. The Balaban J connectivity index is 2.08. The maximum atomic E-state index is 12.0. The number of thioether (sulfide) groups is 1. The number of carboxylic acids is 1. The van der Waals surface area contributed by atoms with Crippen LogP contribution in [-0.4, -0.2) is 44.7 Å². The Morgan fingerprint density at radius 2 is 2.11 bits per heavy atom. The Labute approximate surface area is 108 Å². The number of carbonyl (C=O) groups is 2. The normalized spacial score (nSPS) is 18.9. The number of hydrogen-bond acceptors (Lipinski definition) is 4. The molecule has 0 spiro atoms. The standard InChI is InChI=1S/C12H13NO4S/c14-10-4-2-1-3-8(10)5-11(15)13-7-18-6-9(13)12(16)17/h1-4,9,14H,5-7H2,(H,16,17). The van der Waals surface area contributed by atoms with E-state index in [4.69, 9.17) is 5.11 Å². The van der Waals surface area contributed by atoms with Crippen LogP contribution in [0.15, 0.2) is 24.3 Å². The molecular formula is C12H13NO4S. The molecule has 18 heavy (non-hydrogen) atoms. The summed E-state index contributed by atoms with van der Waals surface area (Å²) in [6.45, 7) is 0. The number of aromatic hydroxyl groups is 1. The number of benzene rings is 1. The van der Waals surface area contributed by atoms with Crippen LogP contribution in [0, 0.1) is 0 Å². The van der Waals surface area contributed by atoms with Crippen LogP contribution in [0.4, 0.5) is 0 Å². The highest BCUT2D eigenvalue weighted by Gasteiger charge is 2.34. The van der Waals surface area contributed by atoms with Crippen LogP contribution >= 0.6 is 11.8 Å². The predicted octanol–water partition coefficient (Wildman–Crippen LogP) is 0.921. The van der Waals surface area contributed by atoms with Gasteiger partial charge in [0.15, 0.2) is 0 Å². The summed E-state index contributed by atoms with van der Waals surface area (Å²) < 4.78 is 0. The van der Waals surface area contributed by atoms with Crippen molar-refractivity contribution in [3.05, 3.63) is 29.8 Å². The van der Waals surface area contributed by atoms with Crippen LogP contribution in [-0.2, 0) is 16.0 Å². The van der Waals surface area contributed by atoms with Gasteiger partial charge < -0.3 is 15.1 Å². The number of para-hydroxylation sites is 1. The molecule has 96 valence electrons. The molecule has 0 aromatic heterocycles. The van der Waals surface area contributed by atoms with E-state index in [2.05, 4.69) is 0 Å². The fraction of sp³-hybridized carbons (Fsp3) is 0.333. The fourth-order valence-corrected chi connectivity index (χ4v) is 2.99. The summed E-state index contributed by atoms with van der Waals surface area (Å²) in [6, 6.07) is 5.82. The molecule has 1 atom stereocenters. The van der Waals surface area contributed by atoms with Crippen molar-refractivity contribution in [2.45, 2.75) is 12.5 Å². The monoisotopic (exact) mass is 267 g/mol. The van der Waals surface area contributed by atoms with Gasteiger partial charge in [0.1, 0.15) is 11.8 Å². The minimum Gasteiger partial charge on any atom is -0.508 e. The Morgan fingerprint density at radius 3 is 2.78 bits per heavy atom. The summed E-state index contributed by atoms with van der Waals surface area (Å²) in [7, 11) is 0. The lowest BCUT2D eigenvalue weighted by Gasteiger charge is -2.20. The number of aliphatic carboxylic acids is 1. The molecule has 0 saturated carbocycles. The zero-order valence-corrected chi connectivity index (χ0v) is 10.4. The first-order valence-electron chi connectivity index (χ1n) is 5.46. The lowest BCUT2D eigenvalue weighted by atomic mass is 10.1. The van der Waals surface area contributed by atoms with Gasteiger partial charge in [0.2, 0.25) is 5.91 Å². The van der Waals surface area contributed by atoms with Crippen molar-refractivity contribution in [3.63, 3.8) is 0 Å². The average molecular weight is 267 g/mol. The van der Waals surface area contributed by atoms with Crippen LogP contribution in [0.5, 0.6) is 5.75 Å². The van der Waals surface area contributed by atoms with Crippen molar-refractivity contribution >= 4 is 23.6 Å². The predicted molar refractivity (Wildman–Crippen MR) is 67.4 cm³/mol. The fourth-order valence-electron chi connectivity index (χ4n) is 1.82. The van der Waals surface area contributed by atoms with Crippen molar-refractivity contribution in [2.24, 2.45) is 0 Å². The van der Waals surface area contributed by atoms with Crippen LogP contribution < -0.4 is 0 Å². The van der Waals surface area contributed by atoms with Crippen molar-refractivity contribution in [2.75, 3.05) is 11.6 Å². The number of nitrogens with zero attached hydrogens (tertiary/aromatic N) is 1. The maximum Gasteiger partial charge on any atom is 0.327 e. The van der Waals surface area contributed by atoms with Crippen LogP contribution in [0.25, 0.3) is 0 Å². The van der Waals surface area contributed by atoms with E-state index in [1.54, 1.807) is 18.2 Å². The smallest absolute Gasteiger partial charge is 0.327 e. The second-order valence-electron chi connectivity index (χ2n) is 4.02. The third-order valence-electron chi connectivity index (χ3n) is 2.82. The van der Waals surface area contributed by atoms with Gasteiger partial charge in [-0.15, -0.1) is 11.8 Å². The lowest BCUT2D eigenvalue weighted by molar-refractivity contribution is -0.147. The van der Waals surface area contributed by atoms with Crippen molar-refractivity contribution in [1.82, 2.24) is 4.90 Å². The summed E-state index contributed by atoms with van der Waals surface area (Å²) in [5, 5.41) is 18.6. The van der Waals surface area contributed by atoms with Gasteiger partial charge in [-0.05, 0) is 6.07 Å². The molecule has 1 fully saturated rings. The maximum absolute atomic E-state index is 12.0. The molecule has 1 unspecified atom stereocenters. The second-order valence-corrected chi connectivity index (χ2v) is 5.02. The number of hydrogen-bond donors (Lipinski definition) is 2. The molecule has 6 heteroatoms. The Hall–Kier alpha value is -1.69. The summed E-state index contributed by atoms with van der Waals surface area (Å²) >= 11 is 1.42. The quantitative estimate of drug-likeness (QED) is 0.851. The lowest BCUT2D eigenvalue weighted by Crippen LogP contribution is -2.42. The SMILES string of the molecule is O=C(O)C1CSCN1C(=O)Cc1ccccc1O. The van der Waals surface area contributed by atoms with Gasteiger partial charge >= 0.3 is 5.97 Å². The first-order chi connectivity index (χ1) is 8.59. The molecule has 0 aliphatic carbocycles. The summed E-state index contributed by atoms with van der Waals surface area (Å²) in [5.74, 6) is -0.380. The molecule has 1 amide bonds. The largest absolute Gasteiger partial charge is 0.508 e. The van der Waals surface area contributed by atoms with E-state index in [1.165, 1.54) is 22.7 Å². The first-order valence-corrected chi connectivity index (χ1v) is 6.62. The molecule has 1 aliphatic heterocycles. The van der Waals surface area contributed by atoms with Gasteiger partial charge in [0, 0.05) is 11.3 Å². The average Bonchev–Trinajstić information content (AvgIpc) is 2.81. The number of phenols is 1. The Morgan fingerprint density at radius 1 is 1.39 bits per heavy atom. The summed E-state index contributed by atoms with van der Waals surface area (Å²) in [5.41, 5.74) is 0.517. The van der Waals surface area contributed by atoms with E-state index in [9.17, 15) is 14.7 Å². The zero-order chi connectivity index (χ0) is 13.1. The second kappa shape index (κ2) is 5.30. The summed E-state index contributed by atoms with van der Waals surface area (Å²) in [4.78, 5) is 24.3. The molecule has 2 rings (SSSR count). The molecule has 1 saturated heterocycles. The molecule has 2 N–H and O–H groups in total. The van der Waals surface area contributed by atoms with E-state index in [0.29, 0.717) is 17.2 Å². The molecule has 1 aliphatic rings. The van der Waals surface area contributed by atoms with Crippen molar-refractivity contribution < 1.29 is 19.8 Å². The van der Waals surface area contributed by atoms with Gasteiger partial charge in [-0.25, -0.2) is 4.79 Å².